The van der Waals surface area contributed by atoms with Gasteiger partial charge >= 0.3 is 0 Å². The molecule has 2 saturated carbocycles. The third-order valence-corrected chi connectivity index (χ3v) is 7.34. The van der Waals surface area contributed by atoms with Gasteiger partial charge in [0.1, 0.15) is 0 Å². The molecule has 1 unspecified atom stereocenters. The van der Waals surface area contributed by atoms with Crippen molar-refractivity contribution in [3.05, 3.63) is 34.9 Å². The van der Waals surface area contributed by atoms with Crippen LogP contribution in [0, 0.1) is 11.3 Å². The van der Waals surface area contributed by atoms with Gasteiger partial charge < -0.3 is 0 Å². The molecule has 0 heterocycles. The molecule has 0 bridgehead atoms. The van der Waals surface area contributed by atoms with E-state index in [0.29, 0.717) is 11.3 Å². The van der Waals surface area contributed by atoms with Crippen molar-refractivity contribution in [1.82, 2.24) is 0 Å². The zero-order chi connectivity index (χ0) is 14.7. The summed E-state index contributed by atoms with van der Waals surface area (Å²) >= 11 is 0. The summed E-state index contributed by atoms with van der Waals surface area (Å²) in [7, 11) is 0. The van der Waals surface area contributed by atoms with Gasteiger partial charge in [-0.25, -0.2) is 0 Å². The van der Waals surface area contributed by atoms with Gasteiger partial charge in [-0.05, 0) is 77.9 Å². The monoisotopic (exact) mass is 282 g/mol. The molecule has 0 nitrogen and oxygen atoms in total. The zero-order valence-electron chi connectivity index (χ0n) is 14.0. The maximum Gasteiger partial charge on any atom is -0.00389 e. The first-order valence-electron chi connectivity index (χ1n) is 9.18. The van der Waals surface area contributed by atoms with E-state index in [0.717, 1.165) is 11.3 Å². The van der Waals surface area contributed by atoms with Crippen molar-refractivity contribution < 1.29 is 0 Å². The van der Waals surface area contributed by atoms with Gasteiger partial charge in [0.25, 0.3) is 0 Å². The molecule has 3 aliphatic rings. The maximum atomic E-state index is 2.60. The Bertz CT molecular complexity index is 549. The highest BCUT2D eigenvalue weighted by molar-refractivity contribution is 5.42. The van der Waals surface area contributed by atoms with Gasteiger partial charge in [0.05, 0.1) is 0 Å². The SMILES string of the molecule is CC(C)c1ccc2c(c1)CCC1C3(CCC3)CCC[C@]21C. The zero-order valence-corrected chi connectivity index (χ0v) is 14.0. The average Bonchev–Trinajstić information content (AvgIpc) is 2.43. The third kappa shape index (κ3) is 1.87. The third-order valence-electron chi connectivity index (χ3n) is 7.34. The quantitative estimate of drug-likeness (QED) is 0.594. The summed E-state index contributed by atoms with van der Waals surface area (Å²) in [5.41, 5.74) is 6.14. The number of rotatable bonds is 1. The fourth-order valence-corrected chi connectivity index (χ4v) is 6.05. The van der Waals surface area contributed by atoms with Gasteiger partial charge in [0.2, 0.25) is 0 Å². The molecule has 0 amide bonds. The molecule has 2 atom stereocenters. The van der Waals surface area contributed by atoms with Gasteiger partial charge in [-0.15, -0.1) is 0 Å². The molecule has 0 N–H and O–H groups in total. The van der Waals surface area contributed by atoms with Crippen molar-refractivity contribution >= 4 is 0 Å². The van der Waals surface area contributed by atoms with Crippen LogP contribution in [0.3, 0.4) is 0 Å². The Kier molecular flexibility index (Phi) is 3.04. The molecule has 0 aliphatic heterocycles. The molecule has 21 heavy (non-hydrogen) atoms. The van der Waals surface area contributed by atoms with Crippen molar-refractivity contribution in [1.29, 1.82) is 0 Å². The van der Waals surface area contributed by atoms with Crippen LogP contribution in [0.5, 0.6) is 0 Å². The molecular weight excluding hydrogens is 252 g/mol. The minimum atomic E-state index is 0.474. The smallest absolute Gasteiger partial charge is 0.00389 e. The van der Waals surface area contributed by atoms with Gasteiger partial charge in [0.15, 0.2) is 0 Å². The van der Waals surface area contributed by atoms with E-state index in [1.165, 1.54) is 56.9 Å². The van der Waals surface area contributed by atoms with E-state index in [1.807, 2.05) is 0 Å². The summed E-state index contributed by atoms with van der Waals surface area (Å²) in [6.45, 7) is 7.24. The lowest BCUT2D eigenvalue weighted by Crippen LogP contribution is -2.53. The average molecular weight is 282 g/mol. The molecular formula is C21H30. The number of benzene rings is 1. The Morgan fingerprint density at radius 2 is 1.76 bits per heavy atom. The first-order chi connectivity index (χ1) is 10.1. The fourth-order valence-electron chi connectivity index (χ4n) is 6.05. The van der Waals surface area contributed by atoms with Crippen molar-refractivity contribution in [2.24, 2.45) is 11.3 Å². The second-order valence-corrected chi connectivity index (χ2v) is 8.65. The van der Waals surface area contributed by atoms with Crippen LogP contribution in [0.15, 0.2) is 18.2 Å². The second kappa shape index (κ2) is 4.61. The second-order valence-electron chi connectivity index (χ2n) is 8.65. The molecule has 0 heteroatoms. The van der Waals surface area contributed by atoms with Gasteiger partial charge in [-0.3, -0.25) is 0 Å². The lowest BCUT2D eigenvalue weighted by molar-refractivity contribution is -0.0500. The maximum absolute atomic E-state index is 2.60. The molecule has 2 fully saturated rings. The molecule has 0 aromatic heterocycles. The van der Waals surface area contributed by atoms with Crippen molar-refractivity contribution in [3.63, 3.8) is 0 Å². The van der Waals surface area contributed by atoms with Crippen LogP contribution in [0.1, 0.15) is 88.3 Å². The minimum Gasteiger partial charge on any atom is -0.0587 e. The Balaban J connectivity index is 1.77. The van der Waals surface area contributed by atoms with E-state index in [9.17, 15) is 0 Å². The van der Waals surface area contributed by atoms with E-state index in [2.05, 4.69) is 39.0 Å². The largest absolute Gasteiger partial charge is 0.0587 e. The van der Waals surface area contributed by atoms with E-state index >= 15 is 0 Å². The van der Waals surface area contributed by atoms with Crippen LogP contribution in [0.2, 0.25) is 0 Å². The summed E-state index contributed by atoms with van der Waals surface area (Å²) in [5, 5.41) is 0. The van der Waals surface area contributed by atoms with E-state index < -0.39 is 0 Å². The van der Waals surface area contributed by atoms with E-state index in [4.69, 9.17) is 0 Å². The molecule has 4 rings (SSSR count). The number of aryl methyl sites for hydroxylation is 1. The molecule has 0 radical (unpaired) electrons. The Morgan fingerprint density at radius 1 is 1.05 bits per heavy atom. The summed E-state index contributed by atoms with van der Waals surface area (Å²) < 4.78 is 0. The standard InChI is InChI=1S/C21H30/c1-15(2)16-6-8-18-17(14-16)7-9-19-20(18,3)10-4-11-21(19)12-5-13-21/h6,8,14-15,19H,4-5,7,9-13H2,1-3H3/t19?,20-/m1/s1. The lowest BCUT2D eigenvalue weighted by Gasteiger charge is -2.60. The Morgan fingerprint density at radius 3 is 2.43 bits per heavy atom. The van der Waals surface area contributed by atoms with Crippen molar-refractivity contribution in [2.75, 3.05) is 0 Å². The molecule has 3 aliphatic carbocycles. The highest BCUT2D eigenvalue weighted by Gasteiger charge is 2.55. The number of hydrogen-bond donors (Lipinski definition) is 0. The summed E-state index contributed by atoms with van der Waals surface area (Å²) in [5.74, 6) is 1.62. The first-order valence-corrected chi connectivity index (χ1v) is 9.18. The normalized spacial score (nSPS) is 33.4. The molecule has 0 saturated heterocycles. The van der Waals surface area contributed by atoms with Crippen LogP contribution < -0.4 is 0 Å². The topological polar surface area (TPSA) is 0 Å². The molecule has 1 spiro atoms. The molecule has 1 aromatic rings. The number of fused-ring (bicyclic) bond motifs is 4. The summed E-state index contributed by atoms with van der Waals surface area (Å²) in [6, 6.07) is 7.46. The van der Waals surface area contributed by atoms with Crippen molar-refractivity contribution in [2.45, 2.75) is 83.5 Å². The highest BCUT2D eigenvalue weighted by Crippen LogP contribution is 2.64. The predicted octanol–water partition coefficient (Wildman–Crippen LogP) is 5.98. The van der Waals surface area contributed by atoms with Crippen LogP contribution >= 0.6 is 0 Å². The van der Waals surface area contributed by atoms with Crippen LogP contribution in [-0.4, -0.2) is 0 Å². The van der Waals surface area contributed by atoms with E-state index in [-0.39, 0.29) is 0 Å². The summed E-state index contributed by atoms with van der Waals surface area (Å²) in [6.07, 6.45) is 11.7. The van der Waals surface area contributed by atoms with E-state index in [1.54, 1.807) is 11.1 Å². The predicted molar refractivity (Wildman–Crippen MR) is 89.8 cm³/mol. The Labute approximate surface area is 130 Å². The fraction of sp³-hybridized carbons (Fsp3) is 0.714. The lowest BCUT2D eigenvalue weighted by atomic mass is 9.44. The van der Waals surface area contributed by atoms with Gasteiger partial charge in [-0.2, -0.15) is 0 Å². The molecule has 114 valence electrons. The summed E-state index contributed by atoms with van der Waals surface area (Å²) in [4.78, 5) is 0. The minimum absolute atomic E-state index is 0.474. The van der Waals surface area contributed by atoms with Crippen LogP contribution in [0.25, 0.3) is 0 Å². The van der Waals surface area contributed by atoms with Gasteiger partial charge in [-0.1, -0.05) is 51.8 Å². The first kappa shape index (κ1) is 13.9. The highest BCUT2D eigenvalue weighted by atomic mass is 14.6. The van der Waals surface area contributed by atoms with Gasteiger partial charge in [0, 0.05) is 0 Å². The molecule has 1 aromatic carbocycles. The Hall–Kier alpha value is -0.780. The van der Waals surface area contributed by atoms with Crippen molar-refractivity contribution in [3.8, 4) is 0 Å². The number of hydrogen-bond acceptors (Lipinski definition) is 0. The van der Waals surface area contributed by atoms with Crippen LogP contribution in [0.4, 0.5) is 0 Å². The van der Waals surface area contributed by atoms with Crippen LogP contribution in [-0.2, 0) is 11.8 Å².